The van der Waals surface area contributed by atoms with E-state index in [0.29, 0.717) is 10.0 Å². The molecule has 112 valence electrons. The van der Waals surface area contributed by atoms with E-state index in [0.717, 1.165) is 10.4 Å². The number of sulfonamides is 1. The van der Waals surface area contributed by atoms with Gasteiger partial charge >= 0.3 is 5.97 Å². The quantitative estimate of drug-likeness (QED) is 0.829. The van der Waals surface area contributed by atoms with Gasteiger partial charge in [0.1, 0.15) is 0 Å². The second-order valence-electron chi connectivity index (χ2n) is 4.31. The highest BCUT2D eigenvalue weighted by atomic mass is 79.9. The van der Waals surface area contributed by atoms with Crippen LogP contribution in [0.3, 0.4) is 0 Å². The smallest absolute Gasteiger partial charge is 0.336 e. The molecule has 7 nitrogen and oxygen atoms in total. The van der Waals surface area contributed by atoms with Crippen LogP contribution >= 0.6 is 15.9 Å². The Balaban J connectivity index is 2.35. The standard InChI is InChI=1S/C12H12BrN3O4S/c1-16(7-8-5-14-15-6-8)21(19,20)9-2-3-11(13)10(4-9)12(17)18/h2-6H,7H2,1H3,(H,14,15)(H,17,18). The Kier molecular flexibility index (Phi) is 4.45. The third-order valence-corrected chi connectivity index (χ3v) is 5.33. The lowest BCUT2D eigenvalue weighted by molar-refractivity contribution is 0.0695. The molecule has 0 bridgehead atoms. The van der Waals surface area contributed by atoms with E-state index in [1.165, 1.54) is 25.4 Å². The lowest BCUT2D eigenvalue weighted by atomic mass is 10.2. The van der Waals surface area contributed by atoms with Crippen molar-refractivity contribution < 1.29 is 18.3 Å². The monoisotopic (exact) mass is 373 g/mol. The number of nitrogens with one attached hydrogen (secondary N) is 1. The first-order chi connectivity index (χ1) is 9.82. The lowest BCUT2D eigenvalue weighted by Crippen LogP contribution is -2.26. The van der Waals surface area contributed by atoms with Gasteiger partial charge in [-0.25, -0.2) is 13.2 Å². The van der Waals surface area contributed by atoms with Crippen molar-refractivity contribution in [2.75, 3.05) is 7.05 Å². The molecule has 0 aliphatic rings. The molecule has 0 aliphatic carbocycles. The molecular weight excluding hydrogens is 362 g/mol. The summed E-state index contributed by atoms with van der Waals surface area (Å²) in [6, 6.07) is 3.90. The van der Waals surface area contributed by atoms with Crippen LogP contribution in [0.15, 0.2) is 40.0 Å². The number of aromatic amines is 1. The van der Waals surface area contributed by atoms with E-state index in [1.54, 1.807) is 6.20 Å². The SMILES string of the molecule is CN(Cc1cn[nH]c1)S(=O)(=O)c1ccc(Br)c(C(=O)O)c1. The average molecular weight is 374 g/mol. The van der Waals surface area contributed by atoms with E-state index >= 15 is 0 Å². The molecule has 2 aromatic rings. The summed E-state index contributed by atoms with van der Waals surface area (Å²) in [5.41, 5.74) is 0.601. The molecule has 0 saturated heterocycles. The minimum atomic E-state index is -3.78. The molecule has 1 aromatic heterocycles. The van der Waals surface area contributed by atoms with Gasteiger partial charge in [0.05, 0.1) is 16.7 Å². The second-order valence-corrected chi connectivity index (χ2v) is 7.21. The maximum atomic E-state index is 12.4. The fraction of sp³-hybridized carbons (Fsp3) is 0.167. The number of hydrogen-bond donors (Lipinski definition) is 2. The van der Waals surface area contributed by atoms with Gasteiger partial charge in [-0.3, -0.25) is 5.10 Å². The second kappa shape index (κ2) is 5.96. The number of hydrogen-bond acceptors (Lipinski definition) is 4. The Hall–Kier alpha value is -1.71. The Morgan fingerprint density at radius 2 is 2.19 bits per heavy atom. The molecule has 0 saturated carbocycles. The third kappa shape index (κ3) is 3.31. The summed E-state index contributed by atoms with van der Waals surface area (Å²) in [6.45, 7) is 0.136. The predicted octanol–water partition coefficient (Wildman–Crippen LogP) is 1.69. The largest absolute Gasteiger partial charge is 0.478 e. The van der Waals surface area contributed by atoms with Gasteiger partial charge in [-0.15, -0.1) is 0 Å². The molecule has 0 atom stereocenters. The fourth-order valence-electron chi connectivity index (χ4n) is 1.71. The molecular formula is C12H12BrN3O4S. The Morgan fingerprint density at radius 1 is 1.48 bits per heavy atom. The number of aromatic carboxylic acids is 1. The van der Waals surface area contributed by atoms with Crippen molar-refractivity contribution >= 4 is 31.9 Å². The molecule has 1 aromatic carbocycles. The highest BCUT2D eigenvalue weighted by molar-refractivity contribution is 9.10. The van der Waals surface area contributed by atoms with Crippen molar-refractivity contribution in [2.45, 2.75) is 11.4 Å². The molecule has 9 heteroatoms. The van der Waals surface area contributed by atoms with Crippen LogP contribution in [-0.2, 0) is 16.6 Å². The minimum absolute atomic E-state index is 0.0749. The first-order valence-electron chi connectivity index (χ1n) is 5.79. The maximum Gasteiger partial charge on any atom is 0.336 e. The van der Waals surface area contributed by atoms with Crippen LogP contribution in [-0.4, -0.2) is 41.0 Å². The van der Waals surface area contributed by atoms with E-state index in [-0.39, 0.29) is 17.0 Å². The fourth-order valence-corrected chi connectivity index (χ4v) is 3.32. The lowest BCUT2D eigenvalue weighted by Gasteiger charge is -2.16. The molecule has 21 heavy (non-hydrogen) atoms. The number of H-pyrrole nitrogens is 1. The molecule has 2 rings (SSSR count). The van der Waals surface area contributed by atoms with Crippen molar-refractivity contribution in [1.29, 1.82) is 0 Å². The van der Waals surface area contributed by atoms with Crippen molar-refractivity contribution in [3.8, 4) is 0 Å². The van der Waals surface area contributed by atoms with Crippen LogP contribution < -0.4 is 0 Å². The molecule has 0 aliphatic heterocycles. The summed E-state index contributed by atoms with van der Waals surface area (Å²) in [7, 11) is -2.36. The first-order valence-corrected chi connectivity index (χ1v) is 8.02. The number of halogens is 1. The van der Waals surface area contributed by atoms with Gasteiger partial charge in [0.2, 0.25) is 10.0 Å². The average Bonchev–Trinajstić information content (AvgIpc) is 2.91. The van der Waals surface area contributed by atoms with Crippen LogP contribution in [0.4, 0.5) is 0 Å². The molecule has 1 heterocycles. The summed E-state index contributed by atoms with van der Waals surface area (Å²) in [4.78, 5) is 11.0. The number of aromatic nitrogens is 2. The van der Waals surface area contributed by atoms with E-state index < -0.39 is 16.0 Å². The summed E-state index contributed by atoms with van der Waals surface area (Å²) in [5.74, 6) is -1.20. The number of benzene rings is 1. The van der Waals surface area contributed by atoms with Crippen LogP contribution in [0.1, 0.15) is 15.9 Å². The van der Waals surface area contributed by atoms with Crippen LogP contribution in [0.2, 0.25) is 0 Å². The summed E-state index contributed by atoms with van der Waals surface area (Å²) in [5, 5.41) is 15.4. The Bertz CT molecular complexity index is 759. The van der Waals surface area contributed by atoms with Crippen LogP contribution in [0, 0.1) is 0 Å². The van der Waals surface area contributed by atoms with E-state index in [4.69, 9.17) is 5.11 Å². The predicted molar refractivity (Wildman–Crippen MR) is 78.3 cm³/mol. The van der Waals surface area contributed by atoms with E-state index in [1.807, 2.05) is 0 Å². The third-order valence-electron chi connectivity index (χ3n) is 2.84. The topological polar surface area (TPSA) is 103 Å². The van der Waals surface area contributed by atoms with Crippen molar-refractivity contribution in [1.82, 2.24) is 14.5 Å². The first kappa shape index (κ1) is 15.7. The highest BCUT2D eigenvalue weighted by Gasteiger charge is 2.23. The zero-order valence-corrected chi connectivity index (χ0v) is 13.3. The Morgan fingerprint density at radius 3 is 2.76 bits per heavy atom. The van der Waals surface area contributed by atoms with Gasteiger partial charge in [-0.1, -0.05) is 0 Å². The minimum Gasteiger partial charge on any atom is -0.478 e. The van der Waals surface area contributed by atoms with E-state index in [9.17, 15) is 13.2 Å². The van der Waals surface area contributed by atoms with Crippen molar-refractivity contribution in [2.24, 2.45) is 0 Å². The van der Waals surface area contributed by atoms with Crippen molar-refractivity contribution in [3.05, 3.63) is 46.2 Å². The van der Waals surface area contributed by atoms with Gasteiger partial charge in [0, 0.05) is 29.8 Å². The number of rotatable bonds is 5. The van der Waals surface area contributed by atoms with Crippen LogP contribution in [0.25, 0.3) is 0 Å². The summed E-state index contributed by atoms with van der Waals surface area (Å²) < 4.78 is 26.3. The van der Waals surface area contributed by atoms with Crippen LogP contribution in [0.5, 0.6) is 0 Å². The number of carboxylic acid groups (broad SMARTS) is 1. The summed E-state index contributed by atoms with van der Waals surface area (Å²) >= 11 is 3.08. The molecule has 2 N–H and O–H groups in total. The molecule has 0 amide bonds. The highest BCUT2D eigenvalue weighted by Crippen LogP contribution is 2.23. The molecule has 0 unspecified atom stereocenters. The number of carboxylic acids is 1. The maximum absolute atomic E-state index is 12.4. The van der Waals surface area contributed by atoms with Gasteiger partial charge in [0.15, 0.2) is 0 Å². The normalized spacial score (nSPS) is 11.8. The number of nitrogens with zero attached hydrogens (tertiary/aromatic N) is 2. The zero-order valence-electron chi connectivity index (χ0n) is 10.9. The van der Waals surface area contributed by atoms with Crippen molar-refractivity contribution in [3.63, 3.8) is 0 Å². The van der Waals surface area contributed by atoms with Gasteiger partial charge < -0.3 is 5.11 Å². The Labute approximate surface area is 129 Å². The molecule has 0 spiro atoms. The zero-order chi connectivity index (χ0) is 15.6. The van der Waals surface area contributed by atoms with E-state index in [2.05, 4.69) is 26.1 Å². The molecule has 0 radical (unpaired) electrons. The van der Waals surface area contributed by atoms with Gasteiger partial charge in [-0.2, -0.15) is 9.40 Å². The molecule has 0 fully saturated rings. The number of carbonyl (C=O) groups is 1. The van der Waals surface area contributed by atoms with Gasteiger partial charge in [-0.05, 0) is 34.1 Å². The van der Waals surface area contributed by atoms with Gasteiger partial charge in [0.25, 0.3) is 0 Å². The summed E-state index contributed by atoms with van der Waals surface area (Å²) in [6.07, 6.45) is 3.12.